The predicted molar refractivity (Wildman–Crippen MR) is 76.1 cm³/mol. The third kappa shape index (κ3) is 2.61. The van der Waals surface area contributed by atoms with Crippen LogP contribution in [-0.4, -0.2) is 16.1 Å². The zero-order valence-electron chi connectivity index (χ0n) is 9.32. The Kier molecular flexibility index (Phi) is 3.85. The van der Waals surface area contributed by atoms with Crippen molar-refractivity contribution >= 4 is 46.6 Å². The summed E-state index contributed by atoms with van der Waals surface area (Å²) >= 11 is 17.9. The minimum atomic E-state index is -1.15. The molecule has 98 valence electrons. The van der Waals surface area contributed by atoms with Gasteiger partial charge in [-0.05, 0) is 18.2 Å². The molecule has 2 rings (SSSR count). The standard InChI is InChI=1S/C12H7Cl3N2O2/c13-7-3-1-5(9(14)10(7)15)6-2-4-8(12(18)19)17-11(6)16/h1-4H,(H2,16,17)(H,18,19). The van der Waals surface area contributed by atoms with E-state index in [0.29, 0.717) is 16.1 Å². The fraction of sp³-hybridized carbons (Fsp3) is 0. The molecule has 0 atom stereocenters. The summed E-state index contributed by atoms with van der Waals surface area (Å²) in [5, 5.41) is 9.60. The molecule has 19 heavy (non-hydrogen) atoms. The van der Waals surface area contributed by atoms with Crippen molar-refractivity contribution in [2.24, 2.45) is 0 Å². The second kappa shape index (κ2) is 5.25. The summed E-state index contributed by atoms with van der Waals surface area (Å²) < 4.78 is 0. The molecule has 0 saturated heterocycles. The van der Waals surface area contributed by atoms with Crippen LogP contribution in [0.1, 0.15) is 10.5 Å². The molecule has 7 heteroatoms. The maximum Gasteiger partial charge on any atom is 0.354 e. The van der Waals surface area contributed by atoms with Crippen LogP contribution in [0.5, 0.6) is 0 Å². The molecule has 0 aliphatic heterocycles. The minimum Gasteiger partial charge on any atom is -0.477 e. The molecule has 1 aromatic carbocycles. The van der Waals surface area contributed by atoms with E-state index in [1.54, 1.807) is 12.1 Å². The lowest BCUT2D eigenvalue weighted by atomic mass is 10.1. The first-order valence-electron chi connectivity index (χ1n) is 5.05. The lowest BCUT2D eigenvalue weighted by Crippen LogP contribution is -2.04. The SMILES string of the molecule is Nc1nc(C(=O)O)ccc1-c1ccc(Cl)c(Cl)c1Cl. The Morgan fingerprint density at radius 2 is 1.68 bits per heavy atom. The predicted octanol–water partition coefficient (Wildman–Crippen LogP) is 3.99. The van der Waals surface area contributed by atoms with Gasteiger partial charge in [-0.2, -0.15) is 0 Å². The van der Waals surface area contributed by atoms with E-state index in [9.17, 15) is 4.79 Å². The summed E-state index contributed by atoms with van der Waals surface area (Å²) in [7, 11) is 0. The number of carbonyl (C=O) groups is 1. The van der Waals surface area contributed by atoms with Gasteiger partial charge in [0.1, 0.15) is 5.82 Å². The Balaban J connectivity index is 2.60. The third-order valence-corrected chi connectivity index (χ3v) is 3.76. The second-order valence-electron chi connectivity index (χ2n) is 3.66. The lowest BCUT2D eigenvalue weighted by Gasteiger charge is -2.09. The number of aromatic carboxylic acids is 1. The molecule has 0 aliphatic carbocycles. The first kappa shape index (κ1) is 13.9. The molecule has 0 amide bonds. The zero-order chi connectivity index (χ0) is 14.2. The van der Waals surface area contributed by atoms with Crippen molar-refractivity contribution in [3.05, 3.63) is 45.0 Å². The largest absolute Gasteiger partial charge is 0.477 e. The molecular formula is C12H7Cl3N2O2. The fourth-order valence-electron chi connectivity index (χ4n) is 1.56. The number of hydrogen-bond donors (Lipinski definition) is 2. The molecule has 0 spiro atoms. The second-order valence-corrected chi connectivity index (χ2v) is 4.82. The summed E-state index contributed by atoms with van der Waals surface area (Å²) in [5.41, 5.74) is 6.63. The van der Waals surface area contributed by atoms with Gasteiger partial charge in [-0.25, -0.2) is 9.78 Å². The number of nitrogen functional groups attached to an aromatic ring is 1. The van der Waals surface area contributed by atoms with E-state index in [-0.39, 0.29) is 21.6 Å². The zero-order valence-corrected chi connectivity index (χ0v) is 11.6. The number of nitrogens with zero attached hydrogens (tertiary/aromatic N) is 1. The quantitative estimate of drug-likeness (QED) is 0.821. The average Bonchev–Trinajstić information content (AvgIpc) is 2.37. The van der Waals surface area contributed by atoms with Gasteiger partial charge < -0.3 is 10.8 Å². The van der Waals surface area contributed by atoms with Crippen LogP contribution in [0.2, 0.25) is 15.1 Å². The molecule has 1 aromatic heterocycles. The molecule has 4 nitrogen and oxygen atoms in total. The van der Waals surface area contributed by atoms with E-state index >= 15 is 0 Å². The van der Waals surface area contributed by atoms with E-state index < -0.39 is 5.97 Å². The number of anilines is 1. The lowest BCUT2D eigenvalue weighted by molar-refractivity contribution is 0.0690. The molecule has 1 heterocycles. The van der Waals surface area contributed by atoms with Crippen LogP contribution in [0, 0.1) is 0 Å². The number of rotatable bonds is 2. The van der Waals surface area contributed by atoms with Crippen LogP contribution in [0.4, 0.5) is 5.82 Å². The monoisotopic (exact) mass is 316 g/mol. The summed E-state index contributed by atoms with van der Waals surface area (Å²) in [6.07, 6.45) is 0. The van der Waals surface area contributed by atoms with Gasteiger partial charge in [0.05, 0.1) is 15.1 Å². The molecular weight excluding hydrogens is 311 g/mol. The van der Waals surface area contributed by atoms with Gasteiger partial charge >= 0.3 is 5.97 Å². The van der Waals surface area contributed by atoms with Gasteiger partial charge in [0, 0.05) is 11.1 Å². The number of halogens is 3. The molecule has 2 aromatic rings. The highest BCUT2D eigenvalue weighted by Gasteiger charge is 2.15. The first-order valence-corrected chi connectivity index (χ1v) is 6.19. The highest BCUT2D eigenvalue weighted by Crippen LogP contribution is 2.39. The molecule has 3 N–H and O–H groups in total. The van der Waals surface area contributed by atoms with Crippen LogP contribution in [0.3, 0.4) is 0 Å². The van der Waals surface area contributed by atoms with E-state index in [1.165, 1.54) is 12.1 Å². The maximum atomic E-state index is 10.8. The number of aromatic nitrogens is 1. The van der Waals surface area contributed by atoms with Crippen LogP contribution in [0.25, 0.3) is 11.1 Å². The van der Waals surface area contributed by atoms with E-state index in [2.05, 4.69) is 4.98 Å². The average molecular weight is 318 g/mol. The van der Waals surface area contributed by atoms with Crippen LogP contribution in [0.15, 0.2) is 24.3 Å². The van der Waals surface area contributed by atoms with Gasteiger partial charge in [0.25, 0.3) is 0 Å². The van der Waals surface area contributed by atoms with Crippen molar-refractivity contribution in [3.63, 3.8) is 0 Å². The topological polar surface area (TPSA) is 76.2 Å². The summed E-state index contributed by atoms with van der Waals surface area (Å²) in [4.78, 5) is 14.6. The normalized spacial score (nSPS) is 10.5. The van der Waals surface area contributed by atoms with Gasteiger partial charge in [-0.1, -0.05) is 40.9 Å². The van der Waals surface area contributed by atoms with Crippen LogP contribution >= 0.6 is 34.8 Å². The van der Waals surface area contributed by atoms with E-state index in [1.807, 2.05) is 0 Å². The highest BCUT2D eigenvalue weighted by atomic mass is 35.5. The van der Waals surface area contributed by atoms with Crippen LogP contribution < -0.4 is 5.73 Å². The summed E-state index contributed by atoms with van der Waals surface area (Å²) in [6.45, 7) is 0. The molecule has 0 saturated carbocycles. The third-order valence-electron chi connectivity index (χ3n) is 2.47. The van der Waals surface area contributed by atoms with Crippen molar-refractivity contribution in [1.29, 1.82) is 0 Å². The van der Waals surface area contributed by atoms with Crippen LogP contribution in [-0.2, 0) is 0 Å². The van der Waals surface area contributed by atoms with Crippen molar-refractivity contribution in [1.82, 2.24) is 4.98 Å². The summed E-state index contributed by atoms with van der Waals surface area (Å²) in [6, 6.07) is 6.09. The molecule has 0 bridgehead atoms. The molecule has 0 aliphatic rings. The number of benzene rings is 1. The molecule has 0 radical (unpaired) electrons. The number of nitrogens with two attached hydrogens (primary N) is 1. The molecule has 0 unspecified atom stereocenters. The smallest absolute Gasteiger partial charge is 0.354 e. The van der Waals surface area contributed by atoms with E-state index in [4.69, 9.17) is 45.6 Å². The van der Waals surface area contributed by atoms with Crippen molar-refractivity contribution < 1.29 is 9.90 Å². The number of carboxylic acid groups (broad SMARTS) is 1. The van der Waals surface area contributed by atoms with Gasteiger partial charge in [0.2, 0.25) is 0 Å². The molecule has 0 fully saturated rings. The Hall–Kier alpha value is -1.49. The first-order chi connectivity index (χ1) is 8.91. The van der Waals surface area contributed by atoms with E-state index in [0.717, 1.165) is 0 Å². The van der Waals surface area contributed by atoms with Gasteiger partial charge in [0.15, 0.2) is 5.69 Å². The number of carboxylic acids is 1. The minimum absolute atomic E-state index is 0.0557. The highest BCUT2D eigenvalue weighted by molar-refractivity contribution is 6.49. The Morgan fingerprint density at radius 3 is 2.26 bits per heavy atom. The Morgan fingerprint density at radius 1 is 1.05 bits per heavy atom. The number of pyridine rings is 1. The van der Waals surface area contributed by atoms with Crippen molar-refractivity contribution in [2.75, 3.05) is 5.73 Å². The maximum absolute atomic E-state index is 10.8. The summed E-state index contributed by atoms with van der Waals surface area (Å²) in [5.74, 6) is -1.10. The van der Waals surface area contributed by atoms with Gasteiger partial charge in [-0.3, -0.25) is 0 Å². The fourth-order valence-corrected chi connectivity index (χ4v) is 2.19. The van der Waals surface area contributed by atoms with Crippen molar-refractivity contribution in [2.45, 2.75) is 0 Å². The number of hydrogen-bond acceptors (Lipinski definition) is 3. The Labute approximate surface area is 123 Å². The van der Waals surface area contributed by atoms with Crippen molar-refractivity contribution in [3.8, 4) is 11.1 Å². The Bertz CT molecular complexity index is 674. The van der Waals surface area contributed by atoms with Gasteiger partial charge in [-0.15, -0.1) is 0 Å².